The molecule has 3 heteroatoms. The normalized spacial score (nSPS) is 24.8. The van der Waals surface area contributed by atoms with Gasteiger partial charge < -0.3 is 4.74 Å². The van der Waals surface area contributed by atoms with Crippen LogP contribution in [0.5, 0.6) is 0 Å². The lowest BCUT2D eigenvalue weighted by Gasteiger charge is -2.36. The second-order valence-corrected chi connectivity index (χ2v) is 5.13. The van der Waals surface area contributed by atoms with Crippen molar-refractivity contribution in [1.82, 2.24) is 4.90 Å². The molecule has 1 fully saturated rings. The van der Waals surface area contributed by atoms with Crippen LogP contribution in [0.15, 0.2) is 30.3 Å². The molecule has 0 N–H and O–H groups in total. The Bertz CT molecular complexity index is 391. The number of rotatable bonds is 3. The zero-order valence-corrected chi connectivity index (χ0v) is 11.1. The van der Waals surface area contributed by atoms with Crippen molar-refractivity contribution in [1.29, 1.82) is 0 Å². The highest BCUT2D eigenvalue weighted by Crippen LogP contribution is 2.21. The largest absolute Gasteiger partial charge is 0.462 e. The van der Waals surface area contributed by atoms with Crippen LogP contribution in [0.25, 0.3) is 0 Å². The number of nitrogens with zero attached hydrogens (tertiary/aromatic N) is 1. The topological polar surface area (TPSA) is 29.5 Å². The Hall–Kier alpha value is -1.35. The summed E-state index contributed by atoms with van der Waals surface area (Å²) in [6.45, 7) is 6.62. The number of hydrogen-bond donors (Lipinski definition) is 0. The predicted octanol–water partition coefficient (Wildman–Crippen LogP) is 2.46. The molecule has 0 bridgehead atoms. The highest BCUT2D eigenvalue weighted by Gasteiger charge is 2.27. The summed E-state index contributed by atoms with van der Waals surface area (Å²) in [7, 11) is 0. The minimum atomic E-state index is -0.164. The summed E-state index contributed by atoms with van der Waals surface area (Å²) in [6, 6.07) is 10.5. The van der Waals surface area contributed by atoms with E-state index in [4.69, 9.17) is 4.74 Å². The van der Waals surface area contributed by atoms with Crippen LogP contribution in [0.3, 0.4) is 0 Å². The van der Waals surface area contributed by atoms with E-state index < -0.39 is 0 Å². The number of benzene rings is 1. The Morgan fingerprint density at radius 2 is 2.11 bits per heavy atom. The lowest BCUT2D eigenvalue weighted by Crippen LogP contribution is -2.43. The Balaban J connectivity index is 1.86. The highest BCUT2D eigenvalue weighted by molar-refractivity contribution is 5.66. The van der Waals surface area contributed by atoms with Crippen LogP contribution in [-0.4, -0.2) is 30.1 Å². The van der Waals surface area contributed by atoms with Crippen molar-refractivity contribution in [3.05, 3.63) is 35.9 Å². The first-order valence-corrected chi connectivity index (χ1v) is 6.58. The second kappa shape index (κ2) is 6.01. The van der Waals surface area contributed by atoms with Crippen LogP contribution >= 0.6 is 0 Å². The average Bonchev–Trinajstić information content (AvgIpc) is 2.33. The molecule has 18 heavy (non-hydrogen) atoms. The third kappa shape index (κ3) is 3.57. The lowest BCUT2D eigenvalue weighted by atomic mass is 9.96. The fraction of sp³-hybridized carbons (Fsp3) is 0.533. The highest BCUT2D eigenvalue weighted by atomic mass is 16.5. The molecule has 1 saturated heterocycles. The molecule has 1 aromatic rings. The molecule has 2 rings (SSSR count). The van der Waals surface area contributed by atoms with Crippen molar-refractivity contribution in [2.45, 2.75) is 32.9 Å². The molecule has 0 saturated carbocycles. The Kier molecular flexibility index (Phi) is 4.37. The standard InChI is InChI=1S/C15H21NO2/c1-12-10-16(9-8-15(12)18-13(2)17)11-14-6-4-3-5-7-14/h3-7,12,15H,8-11H2,1-2H3/t12-,15-/m0/s1. The van der Waals surface area contributed by atoms with E-state index in [1.807, 2.05) is 6.07 Å². The third-order valence-corrected chi connectivity index (χ3v) is 3.48. The van der Waals surface area contributed by atoms with E-state index in [2.05, 4.69) is 36.1 Å². The molecule has 1 heterocycles. The van der Waals surface area contributed by atoms with E-state index in [1.54, 1.807) is 0 Å². The maximum absolute atomic E-state index is 11.0. The van der Waals surface area contributed by atoms with Gasteiger partial charge in [-0.2, -0.15) is 0 Å². The first kappa shape index (κ1) is 13.1. The number of likely N-dealkylation sites (tertiary alicyclic amines) is 1. The third-order valence-electron chi connectivity index (χ3n) is 3.48. The Labute approximate surface area is 109 Å². The number of carbonyl (C=O) groups is 1. The Morgan fingerprint density at radius 3 is 2.72 bits per heavy atom. The summed E-state index contributed by atoms with van der Waals surface area (Å²) in [4.78, 5) is 13.4. The van der Waals surface area contributed by atoms with Crippen molar-refractivity contribution < 1.29 is 9.53 Å². The number of ether oxygens (including phenoxy) is 1. The Morgan fingerprint density at radius 1 is 1.39 bits per heavy atom. The van der Waals surface area contributed by atoms with Gasteiger partial charge in [0.1, 0.15) is 6.10 Å². The molecule has 1 aliphatic heterocycles. The molecule has 1 aromatic carbocycles. The van der Waals surface area contributed by atoms with E-state index in [0.29, 0.717) is 5.92 Å². The summed E-state index contributed by atoms with van der Waals surface area (Å²) in [5.74, 6) is 0.245. The molecule has 2 atom stereocenters. The smallest absolute Gasteiger partial charge is 0.302 e. The van der Waals surface area contributed by atoms with Crippen LogP contribution in [0.1, 0.15) is 25.8 Å². The number of hydrogen-bond acceptors (Lipinski definition) is 3. The van der Waals surface area contributed by atoms with Crippen LogP contribution in [0.2, 0.25) is 0 Å². The fourth-order valence-corrected chi connectivity index (χ4v) is 2.58. The molecule has 0 aliphatic carbocycles. The van der Waals surface area contributed by atoms with E-state index in [-0.39, 0.29) is 12.1 Å². The van der Waals surface area contributed by atoms with Crippen molar-refractivity contribution in [3.63, 3.8) is 0 Å². The summed E-state index contributed by atoms with van der Waals surface area (Å²) in [5, 5.41) is 0. The van der Waals surface area contributed by atoms with Gasteiger partial charge in [0, 0.05) is 32.5 Å². The molecular formula is C15H21NO2. The van der Waals surface area contributed by atoms with E-state index in [0.717, 1.165) is 26.1 Å². The summed E-state index contributed by atoms with van der Waals surface area (Å²) < 4.78 is 5.34. The number of esters is 1. The molecule has 1 aliphatic rings. The first-order valence-electron chi connectivity index (χ1n) is 6.58. The summed E-state index contributed by atoms with van der Waals surface area (Å²) in [5.41, 5.74) is 1.34. The molecule has 0 unspecified atom stereocenters. The van der Waals surface area contributed by atoms with E-state index in [9.17, 15) is 4.79 Å². The van der Waals surface area contributed by atoms with Gasteiger partial charge in [-0.1, -0.05) is 37.3 Å². The van der Waals surface area contributed by atoms with Crippen molar-refractivity contribution in [2.24, 2.45) is 5.92 Å². The molecule has 3 nitrogen and oxygen atoms in total. The first-order chi connectivity index (χ1) is 8.65. The zero-order chi connectivity index (χ0) is 13.0. The molecular weight excluding hydrogens is 226 g/mol. The fourth-order valence-electron chi connectivity index (χ4n) is 2.58. The quantitative estimate of drug-likeness (QED) is 0.768. The van der Waals surface area contributed by atoms with Crippen LogP contribution < -0.4 is 0 Å². The second-order valence-electron chi connectivity index (χ2n) is 5.13. The number of carbonyl (C=O) groups excluding carboxylic acids is 1. The average molecular weight is 247 g/mol. The van der Waals surface area contributed by atoms with Gasteiger partial charge in [-0.05, 0) is 12.0 Å². The van der Waals surface area contributed by atoms with E-state index >= 15 is 0 Å². The molecule has 0 amide bonds. The van der Waals surface area contributed by atoms with Crippen molar-refractivity contribution in [3.8, 4) is 0 Å². The van der Waals surface area contributed by atoms with Gasteiger partial charge >= 0.3 is 5.97 Å². The van der Waals surface area contributed by atoms with E-state index in [1.165, 1.54) is 12.5 Å². The monoisotopic (exact) mass is 247 g/mol. The molecule has 98 valence electrons. The SMILES string of the molecule is CC(=O)O[C@H]1CCN(Cc2ccccc2)C[C@@H]1C. The van der Waals surface area contributed by atoms with Gasteiger partial charge in [0.15, 0.2) is 0 Å². The van der Waals surface area contributed by atoms with Crippen LogP contribution in [-0.2, 0) is 16.1 Å². The summed E-state index contributed by atoms with van der Waals surface area (Å²) in [6.07, 6.45) is 1.03. The molecule has 0 spiro atoms. The number of piperidine rings is 1. The van der Waals surface area contributed by atoms with Gasteiger partial charge in [0.05, 0.1) is 0 Å². The minimum Gasteiger partial charge on any atom is -0.462 e. The predicted molar refractivity (Wildman–Crippen MR) is 71.1 cm³/mol. The van der Waals surface area contributed by atoms with Crippen LogP contribution in [0.4, 0.5) is 0 Å². The van der Waals surface area contributed by atoms with Crippen LogP contribution in [0, 0.1) is 5.92 Å². The molecule has 0 radical (unpaired) electrons. The van der Waals surface area contributed by atoms with Gasteiger partial charge in [0.25, 0.3) is 0 Å². The lowest BCUT2D eigenvalue weighted by molar-refractivity contribution is -0.151. The van der Waals surface area contributed by atoms with Crippen molar-refractivity contribution in [2.75, 3.05) is 13.1 Å². The maximum Gasteiger partial charge on any atom is 0.302 e. The van der Waals surface area contributed by atoms with Crippen molar-refractivity contribution >= 4 is 5.97 Å². The molecule has 0 aromatic heterocycles. The van der Waals surface area contributed by atoms with Gasteiger partial charge in [-0.25, -0.2) is 0 Å². The minimum absolute atomic E-state index is 0.0922. The van der Waals surface area contributed by atoms with Gasteiger partial charge in [0.2, 0.25) is 0 Å². The van der Waals surface area contributed by atoms with Gasteiger partial charge in [-0.15, -0.1) is 0 Å². The summed E-state index contributed by atoms with van der Waals surface area (Å²) >= 11 is 0. The van der Waals surface area contributed by atoms with Gasteiger partial charge in [-0.3, -0.25) is 9.69 Å². The zero-order valence-electron chi connectivity index (χ0n) is 11.1. The maximum atomic E-state index is 11.0.